The summed E-state index contributed by atoms with van der Waals surface area (Å²) in [6.07, 6.45) is 0.694. The molecule has 0 fully saturated rings. The first kappa shape index (κ1) is 13.4. The van der Waals surface area contributed by atoms with E-state index in [2.05, 4.69) is 6.92 Å². The fourth-order valence-corrected chi connectivity index (χ4v) is 2.51. The Morgan fingerprint density at radius 2 is 1.14 bits per heavy atom. The summed E-state index contributed by atoms with van der Waals surface area (Å²) in [7, 11) is 0. The van der Waals surface area contributed by atoms with Crippen molar-refractivity contribution in [2.24, 2.45) is 0 Å². The van der Waals surface area contributed by atoms with Crippen LogP contribution in [0.25, 0.3) is 22.3 Å². The molecular weight excluding hydrogens is 256 g/mol. The molecule has 0 aliphatic rings. The number of benzene rings is 3. The Kier molecular flexibility index (Phi) is 3.74. The van der Waals surface area contributed by atoms with Gasteiger partial charge in [0, 0.05) is 11.1 Å². The minimum atomic E-state index is 0.324. The van der Waals surface area contributed by atoms with E-state index in [0.29, 0.717) is 12.2 Å². The normalized spacial score (nSPS) is 10.5. The van der Waals surface area contributed by atoms with Crippen LogP contribution in [0.2, 0.25) is 0 Å². The minimum absolute atomic E-state index is 0.324. The molecule has 0 saturated carbocycles. The van der Waals surface area contributed by atoms with E-state index in [1.54, 1.807) is 0 Å². The number of hydrogen-bond donors (Lipinski definition) is 1. The second-order valence-electron chi connectivity index (χ2n) is 5.02. The van der Waals surface area contributed by atoms with Gasteiger partial charge in [0.15, 0.2) is 0 Å². The lowest BCUT2D eigenvalue weighted by Gasteiger charge is -2.13. The zero-order valence-corrected chi connectivity index (χ0v) is 11.8. The van der Waals surface area contributed by atoms with Gasteiger partial charge >= 0.3 is 0 Å². The summed E-state index contributed by atoms with van der Waals surface area (Å²) in [6, 6.07) is 24.0. The average molecular weight is 273 g/mol. The number of rotatable bonds is 3. The third kappa shape index (κ3) is 2.68. The predicted molar refractivity (Wildman–Crippen MR) is 88.0 cm³/mol. The van der Waals surface area contributed by atoms with Gasteiger partial charge in [-0.25, -0.2) is 0 Å². The van der Waals surface area contributed by atoms with E-state index in [9.17, 15) is 5.11 Å². The van der Waals surface area contributed by atoms with Crippen LogP contribution >= 0.6 is 0 Å². The maximum atomic E-state index is 10.7. The molecule has 0 saturated heterocycles. The van der Waals surface area contributed by atoms with Crippen LogP contribution < -0.4 is 0 Å². The van der Waals surface area contributed by atoms with Crippen molar-refractivity contribution < 1.29 is 5.11 Å². The van der Waals surface area contributed by atoms with E-state index in [1.807, 2.05) is 72.8 Å². The summed E-state index contributed by atoms with van der Waals surface area (Å²) in [5.74, 6) is 0.324. The molecular formula is C20H17O. The molecule has 0 unspecified atom stereocenters. The fraction of sp³-hybridized carbons (Fsp3) is 0.0500. The highest BCUT2D eigenvalue weighted by Crippen LogP contribution is 2.39. The molecule has 0 aromatic heterocycles. The lowest BCUT2D eigenvalue weighted by Crippen LogP contribution is -1.89. The molecule has 1 radical (unpaired) electrons. The summed E-state index contributed by atoms with van der Waals surface area (Å²) in [5.41, 5.74) is 4.86. The number of phenolic OH excluding ortho intramolecular Hbond substituents is 1. The van der Waals surface area contributed by atoms with Crippen LogP contribution in [-0.4, -0.2) is 5.11 Å². The second kappa shape index (κ2) is 5.84. The lowest BCUT2D eigenvalue weighted by atomic mass is 9.94. The highest BCUT2D eigenvalue weighted by Gasteiger charge is 2.12. The van der Waals surface area contributed by atoms with Crippen LogP contribution in [0.1, 0.15) is 5.56 Å². The van der Waals surface area contributed by atoms with Crippen molar-refractivity contribution in [3.63, 3.8) is 0 Å². The Morgan fingerprint density at radius 1 is 0.714 bits per heavy atom. The molecule has 1 nitrogen and oxygen atoms in total. The van der Waals surface area contributed by atoms with Crippen molar-refractivity contribution in [3.05, 3.63) is 85.3 Å². The summed E-state index contributed by atoms with van der Waals surface area (Å²) in [4.78, 5) is 0. The highest BCUT2D eigenvalue weighted by molar-refractivity contribution is 5.82. The molecule has 3 aromatic rings. The summed E-state index contributed by atoms with van der Waals surface area (Å²) < 4.78 is 0. The first-order valence-electron chi connectivity index (χ1n) is 7.05. The van der Waals surface area contributed by atoms with Gasteiger partial charge in [-0.1, -0.05) is 60.7 Å². The maximum Gasteiger partial charge on any atom is 0.131 e. The summed E-state index contributed by atoms with van der Waals surface area (Å²) in [6.45, 7) is 3.97. The van der Waals surface area contributed by atoms with Crippen LogP contribution in [0.15, 0.2) is 72.8 Å². The number of hydrogen-bond acceptors (Lipinski definition) is 1. The lowest BCUT2D eigenvalue weighted by molar-refractivity contribution is 0.479. The molecule has 0 bridgehead atoms. The van der Waals surface area contributed by atoms with Gasteiger partial charge in [-0.15, -0.1) is 0 Å². The topological polar surface area (TPSA) is 20.2 Å². The zero-order chi connectivity index (χ0) is 14.7. The molecule has 0 aliphatic heterocycles. The van der Waals surface area contributed by atoms with E-state index >= 15 is 0 Å². The third-order valence-corrected chi connectivity index (χ3v) is 3.63. The van der Waals surface area contributed by atoms with Gasteiger partial charge in [0.1, 0.15) is 5.75 Å². The monoisotopic (exact) mass is 273 g/mol. The quantitative estimate of drug-likeness (QED) is 0.703. The van der Waals surface area contributed by atoms with Crippen molar-refractivity contribution in [2.45, 2.75) is 6.42 Å². The molecule has 103 valence electrons. The molecule has 1 N–H and O–H groups in total. The molecule has 21 heavy (non-hydrogen) atoms. The average Bonchev–Trinajstić information content (AvgIpc) is 2.57. The van der Waals surface area contributed by atoms with Crippen molar-refractivity contribution in [1.82, 2.24) is 0 Å². The molecule has 3 aromatic carbocycles. The minimum Gasteiger partial charge on any atom is -0.507 e. The van der Waals surface area contributed by atoms with E-state index in [1.165, 1.54) is 0 Å². The molecule has 0 spiro atoms. The third-order valence-electron chi connectivity index (χ3n) is 3.63. The van der Waals surface area contributed by atoms with Crippen molar-refractivity contribution in [2.75, 3.05) is 0 Å². The Balaban J connectivity index is 2.23. The Morgan fingerprint density at radius 3 is 1.52 bits per heavy atom. The first-order chi connectivity index (χ1) is 10.3. The maximum absolute atomic E-state index is 10.7. The van der Waals surface area contributed by atoms with Gasteiger partial charge in [-0.2, -0.15) is 0 Å². The molecule has 3 rings (SSSR count). The molecule has 0 atom stereocenters. The van der Waals surface area contributed by atoms with Gasteiger partial charge in [0.05, 0.1) is 0 Å². The fourth-order valence-electron chi connectivity index (χ4n) is 2.51. The second-order valence-corrected chi connectivity index (χ2v) is 5.02. The summed E-state index contributed by atoms with van der Waals surface area (Å²) in [5, 5.41) is 10.7. The van der Waals surface area contributed by atoms with E-state index in [4.69, 9.17) is 0 Å². The van der Waals surface area contributed by atoms with Gasteiger partial charge < -0.3 is 5.11 Å². The van der Waals surface area contributed by atoms with Crippen LogP contribution in [-0.2, 0) is 6.42 Å². The first-order valence-corrected chi connectivity index (χ1v) is 7.05. The standard InChI is InChI=1S/C20H17O/c1-2-15-13-18(16-9-5-3-6-10-16)20(21)19(14-15)17-11-7-4-8-12-17/h3-14,21H,1-2H2. The van der Waals surface area contributed by atoms with Crippen LogP contribution in [0.4, 0.5) is 0 Å². The van der Waals surface area contributed by atoms with Crippen LogP contribution in [0.3, 0.4) is 0 Å². The van der Waals surface area contributed by atoms with E-state index in [-0.39, 0.29) is 0 Å². The van der Waals surface area contributed by atoms with Crippen LogP contribution in [0, 0.1) is 6.92 Å². The van der Waals surface area contributed by atoms with Gasteiger partial charge in [-0.05, 0) is 42.2 Å². The molecule has 0 amide bonds. The van der Waals surface area contributed by atoms with Gasteiger partial charge in [0.25, 0.3) is 0 Å². The Hall–Kier alpha value is -2.54. The smallest absolute Gasteiger partial charge is 0.131 e. The Labute approximate surface area is 125 Å². The largest absolute Gasteiger partial charge is 0.507 e. The number of phenols is 1. The predicted octanol–water partition coefficient (Wildman–Crippen LogP) is 5.10. The Bertz CT molecular complexity index is 670. The van der Waals surface area contributed by atoms with E-state index < -0.39 is 0 Å². The van der Waals surface area contributed by atoms with E-state index in [0.717, 1.165) is 27.8 Å². The van der Waals surface area contributed by atoms with Gasteiger partial charge in [0.2, 0.25) is 0 Å². The van der Waals surface area contributed by atoms with Crippen LogP contribution in [0.5, 0.6) is 5.75 Å². The SMILES string of the molecule is [CH2]Cc1cc(-c2ccccc2)c(O)c(-c2ccccc2)c1. The van der Waals surface area contributed by atoms with Crippen molar-refractivity contribution in [3.8, 4) is 28.0 Å². The van der Waals surface area contributed by atoms with Crippen molar-refractivity contribution in [1.29, 1.82) is 0 Å². The highest BCUT2D eigenvalue weighted by atomic mass is 16.3. The van der Waals surface area contributed by atoms with Gasteiger partial charge in [-0.3, -0.25) is 0 Å². The van der Waals surface area contributed by atoms with Crippen molar-refractivity contribution >= 4 is 0 Å². The molecule has 0 aliphatic carbocycles. The number of aromatic hydroxyl groups is 1. The summed E-state index contributed by atoms with van der Waals surface area (Å²) >= 11 is 0. The zero-order valence-electron chi connectivity index (χ0n) is 11.8. The molecule has 1 heteroatoms. The molecule has 0 heterocycles.